The predicted molar refractivity (Wildman–Crippen MR) is 101 cm³/mol. The average molecular weight is 376 g/mol. The standard InChI is InChI=1S/C18H24N4O3S/c23-26(24,15-7-11-25-12-8-15)22-9-5-14(6-10-22)21-18-16-3-1-2-4-17(16)19-13-20-18/h1-4,13-15H,5-12H2,(H,19,20,21). The van der Waals surface area contributed by atoms with Crippen molar-refractivity contribution < 1.29 is 13.2 Å². The van der Waals surface area contributed by atoms with E-state index >= 15 is 0 Å². The maximum atomic E-state index is 12.8. The zero-order chi connectivity index (χ0) is 18.0. The fraction of sp³-hybridized carbons (Fsp3) is 0.556. The van der Waals surface area contributed by atoms with Crippen molar-refractivity contribution in [3.8, 4) is 0 Å². The van der Waals surface area contributed by atoms with Crippen LogP contribution in [0.4, 0.5) is 5.82 Å². The van der Waals surface area contributed by atoms with Crippen LogP contribution in [0.15, 0.2) is 30.6 Å². The van der Waals surface area contributed by atoms with Crippen LogP contribution in [-0.4, -0.2) is 60.3 Å². The molecule has 1 aromatic heterocycles. The van der Waals surface area contributed by atoms with Crippen molar-refractivity contribution in [1.82, 2.24) is 14.3 Å². The molecular weight excluding hydrogens is 352 g/mol. The molecule has 0 atom stereocenters. The highest BCUT2D eigenvalue weighted by molar-refractivity contribution is 7.89. The number of nitrogens with one attached hydrogen (secondary N) is 1. The van der Waals surface area contributed by atoms with Crippen LogP contribution in [0.3, 0.4) is 0 Å². The average Bonchev–Trinajstić information content (AvgIpc) is 2.69. The van der Waals surface area contributed by atoms with E-state index in [1.807, 2.05) is 24.3 Å². The van der Waals surface area contributed by atoms with Crippen molar-refractivity contribution in [2.75, 3.05) is 31.6 Å². The quantitative estimate of drug-likeness (QED) is 0.879. The van der Waals surface area contributed by atoms with Gasteiger partial charge in [0.15, 0.2) is 0 Å². The minimum Gasteiger partial charge on any atom is -0.381 e. The van der Waals surface area contributed by atoms with Crippen LogP contribution < -0.4 is 5.32 Å². The molecule has 26 heavy (non-hydrogen) atoms. The molecule has 0 aliphatic carbocycles. The van der Waals surface area contributed by atoms with Gasteiger partial charge in [0.1, 0.15) is 12.1 Å². The third kappa shape index (κ3) is 3.54. The molecule has 0 radical (unpaired) electrons. The van der Waals surface area contributed by atoms with Crippen molar-refractivity contribution in [3.63, 3.8) is 0 Å². The number of hydrogen-bond acceptors (Lipinski definition) is 6. The third-order valence-electron chi connectivity index (χ3n) is 5.29. The topological polar surface area (TPSA) is 84.4 Å². The van der Waals surface area contributed by atoms with Gasteiger partial charge in [0.05, 0.1) is 10.8 Å². The maximum absolute atomic E-state index is 12.8. The summed E-state index contributed by atoms with van der Waals surface area (Å²) in [6.07, 6.45) is 4.33. The van der Waals surface area contributed by atoms with Crippen LogP contribution in [0.2, 0.25) is 0 Å². The zero-order valence-corrected chi connectivity index (χ0v) is 15.5. The number of ether oxygens (including phenoxy) is 1. The van der Waals surface area contributed by atoms with Crippen LogP contribution in [0.1, 0.15) is 25.7 Å². The predicted octanol–water partition coefficient (Wildman–Crippen LogP) is 2.01. The lowest BCUT2D eigenvalue weighted by atomic mass is 10.1. The highest BCUT2D eigenvalue weighted by Crippen LogP contribution is 2.26. The van der Waals surface area contributed by atoms with Gasteiger partial charge < -0.3 is 10.1 Å². The smallest absolute Gasteiger partial charge is 0.217 e. The number of fused-ring (bicyclic) bond motifs is 1. The number of anilines is 1. The van der Waals surface area contributed by atoms with E-state index in [2.05, 4.69) is 15.3 Å². The van der Waals surface area contributed by atoms with Gasteiger partial charge in [-0.25, -0.2) is 22.7 Å². The second kappa shape index (κ2) is 7.46. The summed E-state index contributed by atoms with van der Waals surface area (Å²) in [5, 5.41) is 4.19. The van der Waals surface area contributed by atoms with Gasteiger partial charge in [0.25, 0.3) is 0 Å². The van der Waals surface area contributed by atoms with Gasteiger partial charge in [-0.15, -0.1) is 0 Å². The van der Waals surface area contributed by atoms with Crippen molar-refractivity contribution >= 4 is 26.7 Å². The number of rotatable bonds is 4. The Bertz CT molecular complexity index is 854. The summed E-state index contributed by atoms with van der Waals surface area (Å²) in [5.74, 6) is 0.821. The van der Waals surface area contributed by atoms with Gasteiger partial charge >= 0.3 is 0 Å². The Morgan fingerprint density at radius 1 is 1.04 bits per heavy atom. The van der Waals surface area contributed by atoms with Crippen molar-refractivity contribution in [2.45, 2.75) is 37.0 Å². The molecule has 3 heterocycles. The second-order valence-corrected chi connectivity index (χ2v) is 9.13. The zero-order valence-electron chi connectivity index (χ0n) is 14.7. The number of sulfonamides is 1. The van der Waals surface area contributed by atoms with Gasteiger partial charge in [-0.1, -0.05) is 12.1 Å². The molecule has 0 bridgehead atoms. The van der Waals surface area contributed by atoms with Crippen LogP contribution >= 0.6 is 0 Å². The molecule has 7 nitrogen and oxygen atoms in total. The number of para-hydroxylation sites is 1. The molecule has 2 fully saturated rings. The summed E-state index contributed by atoms with van der Waals surface area (Å²) in [5.41, 5.74) is 0.907. The van der Waals surface area contributed by atoms with Crippen LogP contribution in [0, 0.1) is 0 Å². The van der Waals surface area contributed by atoms with E-state index in [0.717, 1.165) is 29.6 Å². The first-order chi connectivity index (χ1) is 12.6. The molecule has 1 N–H and O–H groups in total. The molecule has 0 unspecified atom stereocenters. The Kier molecular flexibility index (Phi) is 5.06. The SMILES string of the molecule is O=S(=O)(C1CCOCC1)N1CCC(Nc2ncnc3ccccc23)CC1. The molecule has 1 aromatic carbocycles. The molecule has 4 rings (SSSR count). The summed E-state index contributed by atoms with van der Waals surface area (Å²) in [6.45, 7) is 2.20. The number of piperidine rings is 1. The Balaban J connectivity index is 1.40. The van der Waals surface area contributed by atoms with Crippen molar-refractivity contribution in [1.29, 1.82) is 0 Å². The first-order valence-electron chi connectivity index (χ1n) is 9.17. The molecule has 2 aliphatic rings. The number of nitrogens with zero attached hydrogens (tertiary/aromatic N) is 3. The molecule has 2 aromatic rings. The normalized spacial score (nSPS) is 21.1. The van der Waals surface area contributed by atoms with Gasteiger partial charge in [-0.2, -0.15) is 0 Å². The summed E-state index contributed by atoms with van der Waals surface area (Å²) in [7, 11) is -3.22. The molecule has 0 amide bonds. The van der Waals surface area contributed by atoms with Gasteiger partial charge in [-0.05, 0) is 37.8 Å². The van der Waals surface area contributed by atoms with E-state index in [0.29, 0.717) is 39.1 Å². The lowest BCUT2D eigenvalue weighted by Crippen LogP contribution is -2.47. The van der Waals surface area contributed by atoms with Crippen LogP contribution in [-0.2, 0) is 14.8 Å². The molecule has 0 spiro atoms. The maximum Gasteiger partial charge on any atom is 0.217 e. The Morgan fingerprint density at radius 2 is 1.77 bits per heavy atom. The van der Waals surface area contributed by atoms with Crippen LogP contribution in [0.25, 0.3) is 10.9 Å². The van der Waals surface area contributed by atoms with E-state index in [9.17, 15) is 8.42 Å². The first-order valence-corrected chi connectivity index (χ1v) is 10.7. The van der Waals surface area contributed by atoms with Crippen LogP contribution in [0.5, 0.6) is 0 Å². The fourth-order valence-electron chi connectivity index (χ4n) is 3.75. The summed E-state index contributed by atoms with van der Waals surface area (Å²) >= 11 is 0. The largest absolute Gasteiger partial charge is 0.381 e. The lowest BCUT2D eigenvalue weighted by Gasteiger charge is -2.35. The minimum atomic E-state index is -3.22. The van der Waals surface area contributed by atoms with E-state index in [4.69, 9.17) is 4.74 Å². The first kappa shape index (κ1) is 17.6. The van der Waals surface area contributed by atoms with E-state index < -0.39 is 10.0 Å². The third-order valence-corrected chi connectivity index (χ3v) is 7.69. The van der Waals surface area contributed by atoms with Gasteiger partial charge in [-0.3, -0.25) is 0 Å². The van der Waals surface area contributed by atoms with E-state index in [-0.39, 0.29) is 11.3 Å². The molecule has 8 heteroatoms. The van der Waals surface area contributed by atoms with E-state index in [1.165, 1.54) is 0 Å². The fourth-order valence-corrected chi connectivity index (χ4v) is 5.68. The molecule has 140 valence electrons. The molecule has 2 saturated heterocycles. The Morgan fingerprint density at radius 3 is 2.54 bits per heavy atom. The van der Waals surface area contributed by atoms with Crippen molar-refractivity contribution in [3.05, 3.63) is 30.6 Å². The summed E-state index contributed by atoms with van der Waals surface area (Å²) < 4.78 is 32.6. The lowest BCUT2D eigenvalue weighted by molar-refractivity contribution is 0.0969. The second-order valence-electron chi connectivity index (χ2n) is 6.91. The van der Waals surface area contributed by atoms with E-state index in [1.54, 1.807) is 10.6 Å². The van der Waals surface area contributed by atoms with Gasteiger partial charge in [0, 0.05) is 37.7 Å². The number of aromatic nitrogens is 2. The summed E-state index contributed by atoms with van der Waals surface area (Å²) in [4.78, 5) is 8.66. The Labute approximate surface area is 153 Å². The molecule has 0 saturated carbocycles. The molecular formula is C18H24N4O3S. The highest BCUT2D eigenvalue weighted by Gasteiger charge is 2.35. The summed E-state index contributed by atoms with van der Waals surface area (Å²) in [6, 6.07) is 8.11. The number of benzene rings is 1. The highest BCUT2D eigenvalue weighted by atomic mass is 32.2. The Hall–Kier alpha value is -1.77. The molecule has 2 aliphatic heterocycles. The van der Waals surface area contributed by atoms with Crippen molar-refractivity contribution in [2.24, 2.45) is 0 Å². The minimum absolute atomic E-state index is 0.217. The number of hydrogen-bond donors (Lipinski definition) is 1. The monoisotopic (exact) mass is 376 g/mol. The van der Waals surface area contributed by atoms with Gasteiger partial charge in [0.2, 0.25) is 10.0 Å².